The fourth-order valence-electron chi connectivity index (χ4n) is 5.80. The second-order valence-electron chi connectivity index (χ2n) is 10.2. The van der Waals surface area contributed by atoms with Crippen LogP contribution in [0.3, 0.4) is 0 Å². The third kappa shape index (κ3) is 7.65. The van der Waals surface area contributed by atoms with Gasteiger partial charge >= 0.3 is 0 Å². The molecular weight excluding hydrogens is 383 g/mol. The Morgan fingerprint density at radius 2 is 1.74 bits per heavy atom. The summed E-state index contributed by atoms with van der Waals surface area (Å²) in [5.74, 6) is 3.14. The van der Waals surface area contributed by atoms with Crippen molar-refractivity contribution in [1.82, 2.24) is 0 Å². The molecule has 0 aromatic heterocycles. The lowest BCUT2D eigenvalue weighted by Gasteiger charge is -2.36. The second kappa shape index (κ2) is 13.3. The fraction of sp³-hybridized carbons (Fsp3) is 0.724. The molecule has 2 aliphatic rings. The van der Waals surface area contributed by atoms with E-state index in [4.69, 9.17) is 4.74 Å². The molecule has 0 aliphatic heterocycles. The molecule has 0 radical (unpaired) electrons. The van der Waals surface area contributed by atoms with Crippen molar-refractivity contribution in [2.45, 2.75) is 110 Å². The van der Waals surface area contributed by atoms with Crippen LogP contribution >= 0.6 is 0 Å². The molecule has 1 aromatic carbocycles. The lowest BCUT2D eigenvalue weighted by Crippen LogP contribution is -2.23. The van der Waals surface area contributed by atoms with Gasteiger partial charge in [-0.05, 0) is 86.3 Å². The Bertz CT molecular complexity index is 659. The molecule has 1 nitrogen and oxygen atoms in total. The highest BCUT2D eigenvalue weighted by molar-refractivity contribution is 5.32. The molecule has 2 unspecified atom stereocenters. The maximum Gasteiger partial charge on any atom is 0.165 e. The molecule has 2 heteroatoms. The third-order valence-electron chi connectivity index (χ3n) is 7.78. The molecule has 2 aliphatic carbocycles. The lowest BCUT2D eigenvalue weighted by atomic mass is 9.69. The van der Waals surface area contributed by atoms with Gasteiger partial charge in [-0.2, -0.15) is 0 Å². The number of halogens is 1. The van der Waals surface area contributed by atoms with Crippen LogP contribution in [0.25, 0.3) is 0 Å². The van der Waals surface area contributed by atoms with Crippen LogP contribution in [0.2, 0.25) is 0 Å². The molecule has 31 heavy (non-hydrogen) atoms. The molecule has 0 bridgehead atoms. The molecule has 1 saturated carbocycles. The van der Waals surface area contributed by atoms with E-state index >= 15 is 0 Å². The van der Waals surface area contributed by atoms with E-state index in [0.717, 1.165) is 31.1 Å². The van der Waals surface area contributed by atoms with E-state index in [1.807, 2.05) is 12.1 Å². The minimum absolute atomic E-state index is 0.167. The van der Waals surface area contributed by atoms with E-state index in [2.05, 4.69) is 32.1 Å². The zero-order chi connectivity index (χ0) is 21.9. The van der Waals surface area contributed by atoms with E-state index < -0.39 is 0 Å². The topological polar surface area (TPSA) is 9.23 Å². The molecule has 3 rings (SSSR count). The first-order valence-corrected chi connectivity index (χ1v) is 13.3. The minimum atomic E-state index is -0.167. The van der Waals surface area contributed by atoms with Gasteiger partial charge in [0.25, 0.3) is 0 Å². The van der Waals surface area contributed by atoms with E-state index in [-0.39, 0.29) is 5.82 Å². The highest BCUT2D eigenvalue weighted by Gasteiger charge is 2.31. The highest BCUT2D eigenvalue weighted by Crippen LogP contribution is 2.44. The van der Waals surface area contributed by atoms with Crippen LogP contribution in [0.5, 0.6) is 5.75 Å². The molecule has 1 fully saturated rings. The first-order valence-electron chi connectivity index (χ1n) is 13.3. The number of ether oxygens (including phenoxy) is 1. The Balaban J connectivity index is 1.67. The summed E-state index contributed by atoms with van der Waals surface area (Å²) in [7, 11) is 0. The maximum absolute atomic E-state index is 14.9. The normalized spacial score (nSPS) is 24.8. The lowest BCUT2D eigenvalue weighted by molar-refractivity contribution is 0.210. The van der Waals surface area contributed by atoms with Gasteiger partial charge in [0.1, 0.15) is 0 Å². The molecule has 0 N–H and O–H groups in total. The summed E-state index contributed by atoms with van der Waals surface area (Å²) in [6.45, 7) is 5.09. The van der Waals surface area contributed by atoms with Crippen LogP contribution in [0, 0.1) is 23.6 Å². The Hall–Kier alpha value is -1.31. The largest absolute Gasteiger partial charge is 0.491 e. The van der Waals surface area contributed by atoms with Crippen molar-refractivity contribution in [2.75, 3.05) is 6.61 Å². The van der Waals surface area contributed by atoms with Crippen molar-refractivity contribution in [3.05, 3.63) is 41.7 Å². The number of hydrogen-bond donors (Lipinski definition) is 0. The van der Waals surface area contributed by atoms with Gasteiger partial charge in [0, 0.05) is 0 Å². The van der Waals surface area contributed by atoms with Gasteiger partial charge in [-0.1, -0.05) is 77.0 Å². The first-order chi connectivity index (χ1) is 15.2. The molecule has 0 saturated heterocycles. The van der Waals surface area contributed by atoms with Crippen molar-refractivity contribution in [1.29, 1.82) is 0 Å². The second-order valence-corrected chi connectivity index (χ2v) is 10.2. The van der Waals surface area contributed by atoms with Gasteiger partial charge in [0.05, 0.1) is 6.61 Å². The highest BCUT2D eigenvalue weighted by atomic mass is 19.1. The summed E-state index contributed by atoms with van der Waals surface area (Å²) in [5.41, 5.74) is 1.21. The van der Waals surface area contributed by atoms with Crippen LogP contribution in [-0.4, -0.2) is 6.61 Å². The summed E-state index contributed by atoms with van der Waals surface area (Å²) in [5, 5.41) is 0. The molecule has 174 valence electrons. The Morgan fingerprint density at radius 1 is 0.935 bits per heavy atom. The minimum Gasteiger partial charge on any atom is -0.491 e. The van der Waals surface area contributed by atoms with Gasteiger partial charge in [0.2, 0.25) is 0 Å². The summed E-state index contributed by atoms with van der Waals surface area (Å²) < 4.78 is 20.7. The van der Waals surface area contributed by atoms with E-state index in [1.165, 1.54) is 76.2 Å². The predicted octanol–water partition coefficient (Wildman–Crippen LogP) is 9.22. The number of allylic oxidation sites excluding steroid dienone is 2. The first kappa shape index (κ1) is 24.3. The molecular formula is C29H45FO. The molecule has 0 heterocycles. The zero-order valence-electron chi connectivity index (χ0n) is 20.1. The smallest absolute Gasteiger partial charge is 0.165 e. The third-order valence-corrected chi connectivity index (χ3v) is 7.78. The van der Waals surface area contributed by atoms with Crippen LogP contribution in [0.15, 0.2) is 30.4 Å². The molecule has 0 spiro atoms. The van der Waals surface area contributed by atoms with Gasteiger partial charge in [-0.3, -0.25) is 0 Å². The Morgan fingerprint density at radius 3 is 2.42 bits per heavy atom. The van der Waals surface area contributed by atoms with Gasteiger partial charge in [-0.25, -0.2) is 4.39 Å². The van der Waals surface area contributed by atoms with Crippen molar-refractivity contribution in [3.8, 4) is 5.75 Å². The average Bonchev–Trinajstić information content (AvgIpc) is 2.81. The molecule has 0 amide bonds. The average molecular weight is 429 g/mol. The predicted molar refractivity (Wildman–Crippen MR) is 130 cm³/mol. The Labute approximate surface area is 190 Å². The summed E-state index contributed by atoms with van der Waals surface area (Å²) in [6, 6.07) is 5.88. The summed E-state index contributed by atoms with van der Waals surface area (Å²) >= 11 is 0. The summed E-state index contributed by atoms with van der Waals surface area (Å²) in [4.78, 5) is 0. The van der Waals surface area contributed by atoms with Gasteiger partial charge < -0.3 is 4.74 Å². The standard InChI is InChI=1S/C29H45FO/c1-3-5-10-20-31-29-19-18-26(22-28(29)30)27(21-24-12-8-7-9-13-24)25-16-14-23(15-17-25)11-6-4-2/h7-8,18-19,22-25,27H,3-6,9-17,20-21H2,1-2H3. The van der Waals surface area contributed by atoms with Gasteiger partial charge in [-0.15, -0.1) is 0 Å². The zero-order valence-corrected chi connectivity index (χ0v) is 20.1. The van der Waals surface area contributed by atoms with Gasteiger partial charge in [0.15, 0.2) is 11.6 Å². The number of unbranched alkanes of at least 4 members (excludes halogenated alkanes) is 3. The van der Waals surface area contributed by atoms with Crippen LogP contribution in [-0.2, 0) is 0 Å². The molecule has 1 aromatic rings. The van der Waals surface area contributed by atoms with E-state index in [1.54, 1.807) is 0 Å². The van der Waals surface area contributed by atoms with Crippen molar-refractivity contribution in [2.24, 2.45) is 17.8 Å². The Kier molecular flexibility index (Phi) is 10.4. The van der Waals surface area contributed by atoms with E-state index in [0.29, 0.717) is 24.2 Å². The van der Waals surface area contributed by atoms with Crippen molar-refractivity contribution < 1.29 is 9.13 Å². The summed E-state index contributed by atoms with van der Waals surface area (Å²) in [6.07, 6.45) is 22.3. The van der Waals surface area contributed by atoms with Crippen LogP contribution in [0.1, 0.15) is 115 Å². The number of benzene rings is 1. The number of rotatable bonds is 12. The van der Waals surface area contributed by atoms with Crippen molar-refractivity contribution >= 4 is 0 Å². The van der Waals surface area contributed by atoms with Crippen LogP contribution < -0.4 is 4.74 Å². The SMILES string of the molecule is CCCCCOc1ccc(C(CC2CC=CCC2)C2CCC(CCCC)CC2)cc1F. The maximum atomic E-state index is 14.9. The fourth-order valence-corrected chi connectivity index (χ4v) is 5.80. The number of hydrogen-bond acceptors (Lipinski definition) is 1. The van der Waals surface area contributed by atoms with Crippen LogP contribution in [0.4, 0.5) is 4.39 Å². The molecule has 2 atom stereocenters. The van der Waals surface area contributed by atoms with E-state index in [9.17, 15) is 4.39 Å². The monoisotopic (exact) mass is 428 g/mol. The quantitative estimate of drug-likeness (QED) is 0.238. The van der Waals surface area contributed by atoms with Crippen molar-refractivity contribution in [3.63, 3.8) is 0 Å².